The Labute approximate surface area is 124 Å². The van der Waals surface area contributed by atoms with E-state index in [0.29, 0.717) is 0 Å². The summed E-state index contributed by atoms with van der Waals surface area (Å²) in [4.78, 5) is 13.0. The SMILES string of the molecule is CCC1CCCN(Cc2nc(NC)c3ccsc3n2)C1. The smallest absolute Gasteiger partial charge is 0.146 e. The van der Waals surface area contributed by atoms with Gasteiger partial charge >= 0.3 is 0 Å². The summed E-state index contributed by atoms with van der Waals surface area (Å²) in [7, 11) is 1.93. The summed E-state index contributed by atoms with van der Waals surface area (Å²) in [5, 5.41) is 6.40. The second-order valence-corrected chi connectivity index (χ2v) is 6.42. The number of likely N-dealkylation sites (tertiary alicyclic amines) is 1. The Balaban J connectivity index is 1.79. The van der Waals surface area contributed by atoms with Crippen LogP contribution in [0, 0.1) is 5.92 Å². The highest BCUT2D eigenvalue weighted by atomic mass is 32.1. The first-order valence-corrected chi connectivity index (χ1v) is 8.32. The number of fused-ring (bicyclic) bond motifs is 1. The Morgan fingerprint density at radius 2 is 2.35 bits per heavy atom. The quantitative estimate of drug-likeness (QED) is 0.937. The lowest BCUT2D eigenvalue weighted by Crippen LogP contribution is -2.35. The van der Waals surface area contributed by atoms with E-state index in [2.05, 4.69) is 33.6 Å². The van der Waals surface area contributed by atoms with Crippen molar-refractivity contribution in [3.63, 3.8) is 0 Å². The van der Waals surface area contributed by atoms with E-state index in [1.54, 1.807) is 11.3 Å². The molecule has 5 heteroatoms. The van der Waals surface area contributed by atoms with E-state index >= 15 is 0 Å². The van der Waals surface area contributed by atoms with Crippen LogP contribution in [0.2, 0.25) is 0 Å². The van der Waals surface area contributed by atoms with Crippen molar-refractivity contribution in [3.05, 3.63) is 17.3 Å². The molecule has 1 fully saturated rings. The van der Waals surface area contributed by atoms with Gasteiger partial charge in [0.25, 0.3) is 0 Å². The van der Waals surface area contributed by atoms with Crippen LogP contribution in [0.3, 0.4) is 0 Å². The summed E-state index contributed by atoms with van der Waals surface area (Å²) in [6, 6.07) is 2.09. The van der Waals surface area contributed by atoms with Gasteiger partial charge in [0, 0.05) is 13.6 Å². The average molecular weight is 290 g/mol. The van der Waals surface area contributed by atoms with Gasteiger partial charge in [0.15, 0.2) is 0 Å². The van der Waals surface area contributed by atoms with E-state index < -0.39 is 0 Å². The molecule has 0 aliphatic carbocycles. The minimum absolute atomic E-state index is 0.845. The van der Waals surface area contributed by atoms with Gasteiger partial charge in [-0.25, -0.2) is 9.97 Å². The third kappa shape index (κ3) is 2.79. The van der Waals surface area contributed by atoms with Crippen molar-refractivity contribution in [1.82, 2.24) is 14.9 Å². The minimum Gasteiger partial charge on any atom is -0.372 e. The van der Waals surface area contributed by atoms with Crippen LogP contribution in [0.15, 0.2) is 11.4 Å². The van der Waals surface area contributed by atoms with Gasteiger partial charge in [-0.1, -0.05) is 13.3 Å². The molecular formula is C15H22N4S. The van der Waals surface area contributed by atoms with Gasteiger partial charge in [0.05, 0.1) is 11.9 Å². The second kappa shape index (κ2) is 6.06. The Morgan fingerprint density at radius 1 is 1.45 bits per heavy atom. The highest BCUT2D eigenvalue weighted by Gasteiger charge is 2.19. The lowest BCUT2D eigenvalue weighted by molar-refractivity contribution is 0.161. The molecule has 0 bridgehead atoms. The molecule has 3 rings (SSSR count). The molecule has 108 valence electrons. The largest absolute Gasteiger partial charge is 0.372 e. The first-order chi connectivity index (χ1) is 9.80. The Morgan fingerprint density at radius 3 is 3.15 bits per heavy atom. The zero-order chi connectivity index (χ0) is 13.9. The number of nitrogens with zero attached hydrogens (tertiary/aromatic N) is 3. The van der Waals surface area contributed by atoms with E-state index in [0.717, 1.165) is 34.3 Å². The van der Waals surface area contributed by atoms with Gasteiger partial charge in [-0.15, -0.1) is 11.3 Å². The molecule has 0 aromatic carbocycles. The predicted molar refractivity (Wildman–Crippen MR) is 85.3 cm³/mol. The van der Waals surface area contributed by atoms with Crippen LogP contribution in [-0.4, -0.2) is 35.0 Å². The Bertz CT molecular complexity index is 580. The second-order valence-electron chi connectivity index (χ2n) is 5.53. The molecular weight excluding hydrogens is 268 g/mol. The summed E-state index contributed by atoms with van der Waals surface area (Å²) in [6.45, 7) is 5.54. The molecule has 0 saturated carbocycles. The first-order valence-electron chi connectivity index (χ1n) is 7.44. The molecule has 1 aliphatic heterocycles. The van der Waals surface area contributed by atoms with Crippen LogP contribution >= 0.6 is 11.3 Å². The van der Waals surface area contributed by atoms with Crippen LogP contribution in [0.4, 0.5) is 5.82 Å². The molecule has 3 heterocycles. The third-order valence-electron chi connectivity index (χ3n) is 4.15. The topological polar surface area (TPSA) is 41.1 Å². The fourth-order valence-electron chi connectivity index (χ4n) is 2.99. The molecule has 2 aromatic rings. The maximum Gasteiger partial charge on any atom is 0.146 e. The standard InChI is InChI=1S/C15H22N4S/c1-3-11-5-4-7-19(9-11)10-13-17-14(16-2)12-6-8-20-15(12)18-13/h6,8,11H,3-5,7,9-10H2,1-2H3,(H,16,17,18). The molecule has 0 spiro atoms. The van der Waals surface area contributed by atoms with E-state index in [1.807, 2.05) is 7.05 Å². The number of nitrogens with one attached hydrogen (secondary N) is 1. The van der Waals surface area contributed by atoms with Crippen molar-refractivity contribution < 1.29 is 0 Å². The van der Waals surface area contributed by atoms with Crippen LogP contribution in [0.5, 0.6) is 0 Å². The maximum absolute atomic E-state index is 4.71. The average Bonchev–Trinajstić information content (AvgIpc) is 2.95. The summed E-state index contributed by atoms with van der Waals surface area (Å²) in [5.74, 6) is 2.74. The molecule has 1 aliphatic rings. The zero-order valence-corrected chi connectivity index (χ0v) is 13.0. The molecule has 1 atom stereocenters. The van der Waals surface area contributed by atoms with Gasteiger partial charge in [-0.3, -0.25) is 4.90 Å². The maximum atomic E-state index is 4.71. The number of rotatable bonds is 4. The van der Waals surface area contributed by atoms with Crippen LogP contribution in [-0.2, 0) is 6.54 Å². The number of thiophene rings is 1. The molecule has 4 nitrogen and oxygen atoms in total. The van der Waals surface area contributed by atoms with E-state index in [1.165, 1.54) is 32.4 Å². The van der Waals surface area contributed by atoms with E-state index in [9.17, 15) is 0 Å². The van der Waals surface area contributed by atoms with Gasteiger partial charge < -0.3 is 5.32 Å². The molecule has 1 saturated heterocycles. The normalized spacial score (nSPS) is 20.4. The van der Waals surface area contributed by atoms with Gasteiger partial charge in [0.1, 0.15) is 16.5 Å². The van der Waals surface area contributed by atoms with Crippen molar-refractivity contribution in [3.8, 4) is 0 Å². The van der Waals surface area contributed by atoms with Gasteiger partial charge in [-0.05, 0) is 36.8 Å². The summed E-state index contributed by atoms with van der Waals surface area (Å²) in [5.41, 5.74) is 0. The van der Waals surface area contributed by atoms with Crippen LogP contribution in [0.25, 0.3) is 10.2 Å². The summed E-state index contributed by atoms with van der Waals surface area (Å²) >= 11 is 1.69. The van der Waals surface area contributed by atoms with Gasteiger partial charge in [-0.2, -0.15) is 0 Å². The number of piperidine rings is 1. The van der Waals surface area contributed by atoms with Crippen molar-refractivity contribution in [2.45, 2.75) is 32.7 Å². The first kappa shape index (κ1) is 13.8. The van der Waals surface area contributed by atoms with E-state index in [4.69, 9.17) is 4.98 Å². The van der Waals surface area contributed by atoms with Crippen molar-refractivity contribution >= 4 is 27.4 Å². The predicted octanol–water partition coefficient (Wildman–Crippen LogP) is 3.36. The van der Waals surface area contributed by atoms with Crippen LogP contribution < -0.4 is 5.32 Å². The Hall–Kier alpha value is -1.20. The molecule has 0 radical (unpaired) electrons. The summed E-state index contributed by atoms with van der Waals surface area (Å²) < 4.78 is 0. The highest BCUT2D eigenvalue weighted by Crippen LogP contribution is 2.26. The molecule has 20 heavy (non-hydrogen) atoms. The number of aromatic nitrogens is 2. The Kier molecular flexibility index (Phi) is 4.17. The fraction of sp³-hybridized carbons (Fsp3) is 0.600. The molecule has 1 unspecified atom stereocenters. The lowest BCUT2D eigenvalue weighted by Gasteiger charge is -2.31. The number of hydrogen-bond donors (Lipinski definition) is 1. The fourth-order valence-corrected chi connectivity index (χ4v) is 3.77. The van der Waals surface area contributed by atoms with Crippen molar-refractivity contribution in [2.24, 2.45) is 5.92 Å². The molecule has 0 amide bonds. The minimum atomic E-state index is 0.845. The van der Waals surface area contributed by atoms with Crippen molar-refractivity contribution in [2.75, 3.05) is 25.5 Å². The van der Waals surface area contributed by atoms with Crippen LogP contribution in [0.1, 0.15) is 32.0 Å². The van der Waals surface area contributed by atoms with Gasteiger partial charge in [0.2, 0.25) is 0 Å². The number of hydrogen-bond acceptors (Lipinski definition) is 5. The van der Waals surface area contributed by atoms with E-state index in [-0.39, 0.29) is 0 Å². The molecule has 1 N–H and O–H groups in total. The van der Waals surface area contributed by atoms with Crippen molar-refractivity contribution in [1.29, 1.82) is 0 Å². The third-order valence-corrected chi connectivity index (χ3v) is 4.96. The monoisotopic (exact) mass is 290 g/mol. The summed E-state index contributed by atoms with van der Waals surface area (Å²) in [6.07, 6.45) is 3.96. The molecule has 2 aromatic heterocycles. The highest BCUT2D eigenvalue weighted by molar-refractivity contribution is 7.16. The lowest BCUT2D eigenvalue weighted by atomic mass is 9.96. The number of anilines is 1. The zero-order valence-electron chi connectivity index (χ0n) is 12.2.